The molecular weight excluding hydrogens is 215 g/mol. The summed E-state index contributed by atoms with van der Waals surface area (Å²) in [7, 11) is 0. The van der Waals surface area contributed by atoms with Crippen molar-refractivity contribution in [3.05, 3.63) is 39.7 Å². The zero-order valence-electron chi connectivity index (χ0n) is 8.70. The molecule has 1 aromatic rings. The van der Waals surface area contributed by atoms with E-state index in [0.29, 0.717) is 6.54 Å². The zero-order chi connectivity index (χ0) is 12.1. The Kier molecular flexibility index (Phi) is 3.93. The number of nitro benzene ring substituents is 1. The van der Waals surface area contributed by atoms with E-state index in [4.69, 9.17) is 0 Å². The van der Waals surface area contributed by atoms with E-state index in [-0.39, 0.29) is 11.3 Å². The van der Waals surface area contributed by atoms with E-state index >= 15 is 0 Å². The van der Waals surface area contributed by atoms with Crippen LogP contribution in [0, 0.1) is 15.9 Å². The van der Waals surface area contributed by atoms with Crippen LogP contribution in [0.15, 0.2) is 18.2 Å². The number of non-ortho nitro benzene ring substituents is 1. The summed E-state index contributed by atoms with van der Waals surface area (Å²) >= 11 is 0. The van der Waals surface area contributed by atoms with Crippen LogP contribution in [0.5, 0.6) is 0 Å². The Morgan fingerprint density at radius 1 is 1.56 bits per heavy atom. The predicted octanol–water partition coefficient (Wildman–Crippen LogP) is 1.87. The second-order valence-electron chi connectivity index (χ2n) is 3.18. The summed E-state index contributed by atoms with van der Waals surface area (Å²) in [4.78, 5) is 21.0. The summed E-state index contributed by atoms with van der Waals surface area (Å²) in [6.45, 7) is 2.31. The Bertz CT molecular complexity index is 421. The first-order valence-corrected chi connectivity index (χ1v) is 4.78. The Morgan fingerprint density at radius 3 is 2.75 bits per heavy atom. The van der Waals surface area contributed by atoms with E-state index in [1.807, 2.05) is 6.92 Å². The van der Waals surface area contributed by atoms with Crippen LogP contribution >= 0.6 is 0 Å². The molecule has 0 aliphatic rings. The number of nitrogens with zero attached hydrogens (tertiary/aromatic N) is 1. The molecule has 6 heteroatoms. The number of nitrogens with one attached hydrogen (secondary N) is 1. The standard InChI is InChI=1S/C10H11FN2O3/c1-2-5-12-10(14)8-4-3-7(13(15)16)6-9(8)11/h3-4,6H,2,5H2,1H3,(H,12,14). The monoisotopic (exact) mass is 226 g/mol. The number of benzene rings is 1. The lowest BCUT2D eigenvalue weighted by molar-refractivity contribution is -0.385. The van der Waals surface area contributed by atoms with Crippen molar-refractivity contribution in [2.45, 2.75) is 13.3 Å². The van der Waals surface area contributed by atoms with Crippen molar-refractivity contribution in [3.8, 4) is 0 Å². The van der Waals surface area contributed by atoms with Crippen molar-refractivity contribution >= 4 is 11.6 Å². The molecule has 0 aliphatic heterocycles. The Balaban J connectivity index is 2.90. The first-order valence-electron chi connectivity index (χ1n) is 4.78. The van der Waals surface area contributed by atoms with Crippen LogP contribution in [-0.4, -0.2) is 17.4 Å². The van der Waals surface area contributed by atoms with Crippen molar-refractivity contribution < 1.29 is 14.1 Å². The first kappa shape index (κ1) is 12.1. The van der Waals surface area contributed by atoms with Crippen LogP contribution in [0.25, 0.3) is 0 Å². The summed E-state index contributed by atoms with van der Waals surface area (Å²) in [5, 5.41) is 12.8. The smallest absolute Gasteiger partial charge is 0.272 e. The predicted molar refractivity (Wildman–Crippen MR) is 55.7 cm³/mol. The molecule has 1 amide bonds. The van der Waals surface area contributed by atoms with Gasteiger partial charge in [0.25, 0.3) is 11.6 Å². The van der Waals surface area contributed by atoms with Gasteiger partial charge in [-0.1, -0.05) is 6.92 Å². The van der Waals surface area contributed by atoms with E-state index in [1.165, 1.54) is 0 Å². The number of amides is 1. The highest BCUT2D eigenvalue weighted by molar-refractivity contribution is 5.94. The minimum atomic E-state index is -0.886. The lowest BCUT2D eigenvalue weighted by atomic mass is 10.2. The van der Waals surface area contributed by atoms with Gasteiger partial charge < -0.3 is 5.32 Å². The number of nitro groups is 1. The van der Waals surface area contributed by atoms with Gasteiger partial charge in [0.15, 0.2) is 0 Å². The van der Waals surface area contributed by atoms with Gasteiger partial charge in [-0.05, 0) is 12.5 Å². The van der Waals surface area contributed by atoms with Gasteiger partial charge in [0, 0.05) is 12.6 Å². The average molecular weight is 226 g/mol. The molecule has 0 aliphatic carbocycles. The highest BCUT2D eigenvalue weighted by Crippen LogP contribution is 2.16. The lowest BCUT2D eigenvalue weighted by Gasteiger charge is -2.04. The third-order valence-electron chi connectivity index (χ3n) is 1.94. The molecule has 0 atom stereocenters. The molecule has 0 unspecified atom stereocenters. The third-order valence-corrected chi connectivity index (χ3v) is 1.94. The van der Waals surface area contributed by atoms with Crippen molar-refractivity contribution in [2.24, 2.45) is 0 Å². The number of carbonyl (C=O) groups is 1. The summed E-state index contributed by atoms with van der Waals surface area (Å²) in [5.74, 6) is -1.45. The largest absolute Gasteiger partial charge is 0.352 e. The molecule has 0 fully saturated rings. The number of carbonyl (C=O) groups excluding carboxylic acids is 1. The maximum atomic E-state index is 13.3. The van der Waals surface area contributed by atoms with Gasteiger partial charge >= 0.3 is 0 Å². The van der Waals surface area contributed by atoms with Crippen LogP contribution in [0.3, 0.4) is 0 Å². The Morgan fingerprint density at radius 2 is 2.25 bits per heavy atom. The number of hydrogen-bond donors (Lipinski definition) is 1. The first-order chi connectivity index (χ1) is 7.56. The molecule has 0 radical (unpaired) electrons. The van der Waals surface area contributed by atoms with Gasteiger partial charge in [-0.3, -0.25) is 14.9 Å². The van der Waals surface area contributed by atoms with E-state index < -0.39 is 16.6 Å². The molecule has 0 bridgehead atoms. The topological polar surface area (TPSA) is 72.2 Å². The van der Waals surface area contributed by atoms with Gasteiger partial charge in [0.05, 0.1) is 16.6 Å². The van der Waals surface area contributed by atoms with E-state index in [1.54, 1.807) is 0 Å². The SMILES string of the molecule is CCCNC(=O)c1ccc([N+](=O)[O-])cc1F. The summed E-state index contributed by atoms with van der Waals surface area (Å²) in [5.41, 5.74) is -0.552. The van der Waals surface area contributed by atoms with Gasteiger partial charge in [-0.25, -0.2) is 4.39 Å². The zero-order valence-corrected chi connectivity index (χ0v) is 8.70. The minimum Gasteiger partial charge on any atom is -0.352 e. The number of halogens is 1. The molecule has 0 saturated heterocycles. The number of rotatable bonds is 4. The summed E-state index contributed by atoms with van der Waals surface area (Å²) in [6.07, 6.45) is 0.736. The third kappa shape index (κ3) is 2.75. The second-order valence-corrected chi connectivity index (χ2v) is 3.18. The quantitative estimate of drug-likeness (QED) is 0.629. The van der Waals surface area contributed by atoms with Crippen molar-refractivity contribution in [3.63, 3.8) is 0 Å². The van der Waals surface area contributed by atoms with Crippen LogP contribution in [0.2, 0.25) is 0 Å². The molecule has 16 heavy (non-hydrogen) atoms. The molecule has 1 aromatic carbocycles. The van der Waals surface area contributed by atoms with Crippen LogP contribution in [0.1, 0.15) is 23.7 Å². The fraction of sp³-hybridized carbons (Fsp3) is 0.300. The Hall–Kier alpha value is -1.98. The average Bonchev–Trinajstić information content (AvgIpc) is 2.25. The van der Waals surface area contributed by atoms with Gasteiger partial charge in [-0.2, -0.15) is 0 Å². The van der Waals surface area contributed by atoms with Crippen LogP contribution in [-0.2, 0) is 0 Å². The van der Waals surface area contributed by atoms with Gasteiger partial charge in [-0.15, -0.1) is 0 Å². The number of hydrogen-bond acceptors (Lipinski definition) is 3. The van der Waals surface area contributed by atoms with Crippen LogP contribution in [0.4, 0.5) is 10.1 Å². The molecule has 1 N–H and O–H groups in total. The summed E-state index contributed by atoms with van der Waals surface area (Å²) < 4.78 is 13.3. The molecule has 86 valence electrons. The van der Waals surface area contributed by atoms with Crippen LogP contribution < -0.4 is 5.32 Å². The molecule has 0 spiro atoms. The molecule has 5 nitrogen and oxygen atoms in total. The summed E-state index contributed by atoms with van der Waals surface area (Å²) in [6, 6.07) is 2.95. The van der Waals surface area contributed by atoms with Crippen molar-refractivity contribution in [1.82, 2.24) is 5.32 Å². The van der Waals surface area contributed by atoms with Gasteiger partial charge in [0.2, 0.25) is 0 Å². The van der Waals surface area contributed by atoms with E-state index in [2.05, 4.69) is 5.32 Å². The van der Waals surface area contributed by atoms with Crippen molar-refractivity contribution in [1.29, 1.82) is 0 Å². The Labute approximate surface area is 91.4 Å². The fourth-order valence-electron chi connectivity index (χ4n) is 1.14. The molecule has 0 heterocycles. The fourth-order valence-corrected chi connectivity index (χ4v) is 1.14. The molecule has 0 aromatic heterocycles. The van der Waals surface area contributed by atoms with Crippen molar-refractivity contribution in [2.75, 3.05) is 6.54 Å². The molecule has 0 saturated carbocycles. The van der Waals surface area contributed by atoms with E-state index in [9.17, 15) is 19.3 Å². The maximum Gasteiger partial charge on any atom is 0.272 e. The van der Waals surface area contributed by atoms with E-state index in [0.717, 1.165) is 24.6 Å². The minimum absolute atomic E-state index is 0.181. The molecular formula is C10H11FN2O3. The second kappa shape index (κ2) is 5.20. The lowest BCUT2D eigenvalue weighted by Crippen LogP contribution is -2.24. The highest BCUT2D eigenvalue weighted by Gasteiger charge is 2.15. The maximum absolute atomic E-state index is 13.3. The highest BCUT2D eigenvalue weighted by atomic mass is 19.1. The normalized spacial score (nSPS) is 9.88. The molecule has 1 rings (SSSR count). The van der Waals surface area contributed by atoms with Gasteiger partial charge in [0.1, 0.15) is 5.82 Å².